The molecule has 0 N–H and O–H groups in total. The van der Waals surface area contributed by atoms with Crippen molar-refractivity contribution in [2.45, 2.75) is 18.6 Å². The molecule has 0 aliphatic heterocycles. The zero-order valence-corrected chi connectivity index (χ0v) is 13.7. The van der Waals surface area contributed by atoms with Crippen molar-refractivity contribution < 1.29 is 4.79 Å². The molecule has 1 aromatic carbocycles. The molecular formula is C15H15BrOS2. The predicted molar refractivity (Wildman–Crippen MR) is 88.2 cm³/mol. The summed E-state index contributed by atoms with van der Waals surface area (Å²) in [4.78, 5) is 12.7. The molecule has 100 valence electrons. The molecule has 19 heavy (non-hydrogen) atoms. The first kappa shape index (κ1) is 14.8. The molecule has 0 bridgehead atoms. The highest BCUT2D eigenvalue weighted by Crippen LogP contribution is 2.18. The number of ketones is 1. The first-order valence-corrected chi connectivity index (χ1v) is 8.97. The minimum atomic E-state index is 0.277. The Bertz CT molecular complexity index is 505. The number of thioether (sulfide) groups is 1. The van der Waals surface area contributed by atoms with Gasteiger partial charge in [0.15, 0.2) is 5.78 Å². The monoisotopic (exact) mass is 354 g/mol. The largest absolute Gasteiger partial charge is 0.293 e. The molecule has 0 unspecified atom stereocenters. The van der Waals surface area contributed by atoms with E-state index in [0.717, 1.165) is 27.3 Å². The van der Waals surface area contributed by atoms with Crippen molar-refractivity contribution in [3.8, 4) is 0 Å². The van der Waals surface area contributed by atoms with Crippen LogP contribution in [0, 0.1) is 0 Å². The molecule has 0 spiro atoms. The first-order chi connectivity index (χ1) is 9.25. The van der Waals surface area contributed by atoms with Crippen molar-refractivity contribution in [3.05, 3.63) is 56.7 Å². The van der Waals surface area contributed by atoms with E-state index >= 15 is 0 Å². The van der Waals surface area contributed by atoms with E-state index in [9.17, 15) is 4.79 Å². The lowest BCUT2D eigenvalue weighted by Crippen LogP contribution is -1.96. The van der Waals surface area contributed by atoms with E-state index < -0.39 is 0 Å². The Balaban J connectivity index is 1.62. The van der Waals surface area contributed by atoms with Gasteiger partial charge in [-0.15, -0.1) is 11.3 Å². The molecule has 0 aliphatic carbocycles. The SMILES string of the molecule is O=C(CCCSCc1ccc(Br)cc1)c1cccs1. The highest BCUT2D eigenvalue weighted by atomic mass is 79.9. The summed E-state index contributed by atoms with van der Waals surface area (Å²) in [5.74, 6) is 2.33. The van der Waals surface area contributed by atoms with Crippen LogP contribution >= 0.6 is 39.0 Å². The Morgan fingerprint density at radius 2 is 2.00 bits per heavy atom. The fourth-order valence-corrected chi connectivity index (χ4v) is 3.55. The number of benzene rings is 1. The van der Waals surface area contributed by atoms with Crippen LogP contribution in [0.15, 0.2) is 46.3 Å². The van der Waals surface area contributed by atoms with Crippen LogP contribution in [0.3, 0.4) is 0 Å². The Morgan fingerprint density at radius 3 is 2.68 bits per heavy atom. The smallest absolute Gasteiger partial charge is 0.172 e. The fourth-order valence-electron chi connectivity index (χ4n) is 1.67. The van der Waals surface area contributed by atoms with E-state index in [4.69, 9.17) is 0 Å². The summed E-state index contributed by atoms with van der Waals surface area (Å²) in [6, 6.07) is 12.2. The number of Topliss-reactive ketones (excluding diaryl/α,β-unsaturated/α-hetero) is 1. The third kappa shape index (κ3) is 5.13. The Labute approximate surface area is 130 Å². The first-order valence-electron chi connectivity index (χ1n) is 6.14. The lowest BCUT2D eigenvalue weighted by molar-refractivity contribution is 0.0986. The van der Waals surface area contributed by atoms with Crippen molar-refractivity contribution in [2.24, 2.45) is 0 Å². The van der Waals surface area contributed by atoms with E-state index in [2.05, 4.69) is 40.2 Å². The van der Waals surface area contributed by atoms with E-state index in [-0.39, 0.29) is 5.78 Å². The summed E-state index contributed by atoms with van der Waals surface area (Å²) >= 11 is 6.85. The number of hydrogen-bond acceptors (Lipinski definition) is 3. The van der Waals surface area contributed by atoms with Crippen LogP contribution in [0.25, 0.3) is 0 Å². The van der Waals surface area contributed by atoms with Crippen molar-refractivity contribution >= 4 is 44.8 Å². The summed E-state index contributed by atoms with van der Waals surface area (Å²) in [5.41, 5.74) is 1.33. The lowest BCUT2D eigenvalue weighted by Gasteiger charge is -2.02. The van der Waals surface area contributed by atoms with Crippen LogP contribution in [0.5, 0.6) is 0 Å². The highest BCUT2D eigenvalue weighted by Gasteiger charge is 2.05. The van der Waals surface area contributed by atoms with Gasteiger partial charge in [-0.05, 0) is 41.3 Å². The molecule has 0 aliphatic rings. The molecule has 1 heterocycles. The zero-order chi connectivity index (χ0) is 13.5. The number of hydrogen-bond donors (Lipinski definition) is 0. The second-order valence-electron chi connectivity index (χ2n) is 4.18. The average molecular weight is 355 g/mol. The maximum Gasteiger partial charge on any atom is 0.172 e. The van der Waals surface area contributed by atoms with Gasteiger partial charge in [-0.2, -0.15) is 11.8 Å². The van der Waals surface area contributed by atoms with Crippen molar-refractivity contribution in [2.75, 3.05) is 5.75 Å². The summed E-state index contributed by atoms with van der Waals surface area (Å²) < 4.78 is 1.11. The molecule has 0 amide bonds. The van der Waals surface area contributed by atoms with Crippen LogP contribution in [-0.4, -0.2) is 11.5 Å². The van der Waals surface area contributed by atoms with Gasteiger partial charge in [-0.3, -0.25) is 4.79 Å². The van der Waals surface area contributed by atoms with Crippen LogP contribution in [0.1, 0.15) is 28.1 Å². The Morgan fingerprint density at radius 1 is 1.21 bits per heavy atom. The number of thiophene rings is 1. The highest BCUT2D eigenvalue weighted by molar-refractivity contribution is 9.10. The molecule has 1 aromatic heterocycles. The van der Waals surface area contributed by atoms with Crippen molar-refractivity contribution in [1.29, 1.82) is 0 Å². The van der Waals surface area contributed by atoms with E-state index in [0.29, 0.717) is 6.42 Å². The zero-order valence-electron chi connectivity index (χ0n) is 10.5. The third-order valence-electron chi connectivity index (χ3n) is 2.67. The van der Waals surface area contributed by atoms with Crippen LogP contribution in [-0.2, 0) is 5.75 Å². The van der Waals surface area contributed by atoms with Gasteiger partial charge < -0.3 is 0 Å². The normalized spacial score (nSPS) is 10.6. The quantitative estimate of drug-likeness (QED) is 0.488. The molecule has 0 saturated carbocycles. The van der Waals surface area contributed by atoms with E-state index in [1.165, 1.54) is 16.9 Å². The molecule has 0 fully saturated rings. The Hall–Kier alpha value is -0.580. The minimum Gasteiger partial charge on any atom is -0.293 e. The second-order valence-corrected chi connectivity index (χ2v) is 7.15. The molecule has 2 rings (SSSR count). The van der Waals surface area contributed by atoms with Crippen molar-refractivity contribution in [1.82, 2.24) is 0 Å². The van der Waals surface area contributed by atoms with Gasteiger partial charge >= 0.3 is 0 Å². The summed E-state index contributed by atoms with van der Waals surface area (Å²) in [6.45, 7) is 0. The standard InChI is InChI=1S/C15H15BrOS2/c16-13-7-5-12(6-8-13)11-18-9-1-3-14(17)15-4-2-10-19-15/h2,4-8,10H,1,3,9,11H2. The number of carbonyl (C=O) groups excluding carboxylic acids is 1. The maximum absolute atomic E-state index is 11.8. The Kier molecular flexibility index (Phi) is 6.14. The lowest BCUT2D eigenvalue weighted by atomic mass is 10.2. The van der Waals surface area contributed by atoms with Gasteiger partial charge in [0, 0.05) is 16.6 Å². The van der Waals surface area contributed by atoms with Gasteiger partial charge in [-0.25, -0.2) is 0 Å². The predicted octanol–water partition coefficient (Wildman–Crippen LogP) is 5.41. The van der Waals surface area contributed by atoms with Gasteiger partial charge in [0.25, 0.3) is 0 Å². The molecule has 4 heteroatoms. The number of rotatable bonds is 7. The number of carbonyl (C=O) groups is 1. The summed E-state index contributed by atoms with van der Waals surface area (Å²) in [7, 11) is 0. The molecule has 0 radical (unpaired) electrons. The third-order valence-corrected chi connectivity index (χ3v) is 5.22. The molecule has 0 saturated heterocycles. The van der Waals surface area contributed by atoms with Crippen LogP contribution in [0.2, 0.25) is 0 Å². The maximum atomic E-state index is 11.8. The van der Waals surface area contributed by atoms with Gasteiger partial charge in [0.1, 0.15) is 0 Å². The second kappa shape index (κ2) is 7.88. The van der Waals surface area contributed by atoms with E-state index in [1.54, 1.807) is 0 Å². The van der Waals surface area contributed by atoms with Gasteiger partial charge in [0.05, 0.1) is 4.88 Å². The molecule has 2 aromatic rings. The fraction of sp³-hybridized carbons (Fsp3) is 0.267. The molecule has 1 nitrogen and oxygen atoms in total. The van der Waals surface area contributed by atoms with E-state index in [1.807, 2.05) is 29.3 Å². The summed E-state index contributed by atoms with van der Waals surface area (Å²) in [6.07, 6.45) is 1.62. The van der Waals surface area contributed by atoms with Crippen LogP contribution in [0.4, 0.5) is 0 Å². The van der Waals surface area contributed by atoms with Gasteiger partial charge in [0.2, 0.25) is 0 Å². The van der Waals surface area contributed by atoms with Crippen LogP contribution < -0.4 is 0 Å². The molecular weight excluding hydrogens is 340 g/mol. The topological polar surface area (TPSA) is 17.1 Å². The molecule has 0 atom stereocenters. The summed E-state index contributed by atoms with van der Waals surface area (Å²) in [5, 5.41) is 1.95. The minimum absolute atomic E-state index is 0.277. The van der Waals surface area contributed by atoms with Crippen molar-refractivity contribution in [3.63, 3.8) is 0 Å². The van der Waals surface area contributed by atoms with Gasteiger partial charge in [-0.1, -0.05) is 34.1 Å². The average Bonchev–Trinajstić information content (AvgIpc) is 2.94. The number of halogens is 1.